The Morgan fingerprint density at radius 2 is 2.17 bits per heavy atom. The zero-order chi connectivity index (χ0) is 17.0. The second-order valence-corrected chi connectivity index (χ2v) is 7.39. The van der Waals surface area contributed by atoms with Crippen molar-refractivity contribution in [1.82, 2.24) is 14.8 Å². The molecule has 1 fully saturated rings. The molecule has 1 aromatic rings. The number of carbonyl (C=O) groups is 1. The molecule has 0 bridgehead atoms. The minimum absolute atomic E-state index is 0.145. The maximum atomic E-state index is 12.4. The summed E-state index contributed by atoms with van der Waals surface area (Å²) in [5, 5.41) is 3.61. The van der Waals surface area contributed by atoms with E-state index in [0.717, 1.165) is 32.5 Å². The summed E-state index contributed by atoms with van der Waals surface area (Å²) in [5.74, 6) is 0. The lowest BCUT2D eigenvalue weighted by Crippen LogP contribution is -2.55. The van der Waals surface area contributed by atoms with E-state index in [2.05, 4.69) is 42.2 Å². The Labute approximate surface area is 140 Å². The molecule has 5 nitrogen and oxygen atoms in total. The van der Waals surface area contributed by atoms with Gasteiger partial charge in [-0.1, -0.05) is 0 Å². The fourth-order valence-corrected chi connectivity index (χ4v) is 3.04. The quantitative estimate of drug-likeness (QED) is 0.924. The molecule has 0 saturated carbocycles. The van der Waals surface area contributed by atoms with Gasteiger partial charge in [0.05, 0.1) is 0 Å². The lowest BCUT2D eigenvalue weighted by atomic mass is 9.97. The summed E-state index contributed by atoms with van der Waals surface area (Å²) in [6.45, 7) is 12.6. The fourth-order valence-electron chi connectivity index (χ4n) is 3.04. The van der Waals surface area contributed by atoms with Gasteiger partial charge in [-0.2, -0.15) is 0 Å². The first-order valence-electron chi connectivity index (χ1n) is 8.68. The highest BCUT2D eigenvalue weighted by Gasteiger charge is 2.33. The Morgan fingerprint density at radius 3 is 2.78 bits per heavy atom. The largest absolute Gasteiger partial charge is 0.444 e. The van der Waals surface area contributed by atoms with E-state index in [1.807, 2.05) is 25.7 Å². The van der Waals surface area contributed by atoms with E-state index < -0.39 is 5.60 Å². The molecular weight excluding hydrogens is 290 g/mol. The number of carbonyl (C=O) groups excluding carboxylic acids is 1. The maximum absolute atomic E-state index is 12.4. The highest BCUT2D eigenvalue weighted by molar-refractivity contribution is 5.68. The third-order valence-corrected chi connectivity index (χ3v) is 4.36. The molecule has 1 aliphatic rings. The van der Waals surface area contributed by atoms with Crippen LogP contribution in [0.15, 0.2) is 18.5 Å². The van der Waals surface area contributed by atoms with Gasteiger partial charge in [0.15, 0.2) is 0 Å². The zero-order valence-corrected chi connectivity index (χ0v) is 15.1. The van der Waals surface area contributed by atoms with Crippen molar-refractivity contribution in [2.24, 2.45) is 0 Å². The summed E-state index contributed by atoms with van der Waals surface area (Å²) in [7, 11) is 0. The van der Waals surface area contributed by atoms with Crippen LogP contribution < -0.4 is 5.32 Å². The van der Waals surface area contributed by atoms with Gasteiger partial charge in [0.25, 0.3) is 0 Å². The number of piperidine rings is 1. The minimum atomic E-state index is -0.444. The van der Waals surface area contributed by atoms with E-state index in [4.69, 9.17) is 4.74 Å². The van der Waals surface area contributed by atoms with E-state index in [1.165, 1.54) is 5.56 Å². The molecule has 1 aromatic heterocycles. The molecule has 23 heavy (non-hydrogen) atoms. The maximum Gasteiger partial charge on any atom is 0.410 e. The standard InChI is InChI=1S/C18H31N3O2/c1-6-20-11-9-15(13-20)12-19-16-8-7-10-21(14(16)2)17(22)23-18(3,4)5/h9,11,13-14,16,19H,6-8,10,12H2,1-5H3. The van der Waals surface area contributed by atoms with Crippen molar-refractivity contribution in [3.05, 3.63) is 24.0 Å². The predicted octanol–water partition coefficient (Wildman–Crippen LogP) is 3.39. The first-order valence-corrected chi connectivity index (χ1v) is 8.68. The van der Waals surface area contributed by atoms with Gasteiger partial charge in [0, 0.05) is 44.1 Å². The molecule has 1 aliphatic heterocycles. The highest BCUT2D eigenvalue weighted by atomic mass is 16.6. The first kappa shape index (κ1) is 17.9. The number of hydrogen-bond acceptors (Lipinski definition) is 3. The summed E-state index contributed by atoms with van der Waals surface area (Å²) >= 11 is 0. The van der Waals surface area contributed by atoms with E-state index >= 15 is 0 Å². The number of likely N-dealkylation sites (tertiary alicyclic amines) is 1. The summed E-state index contributed by atoms with van der Waals surface area (Å²) in [4.78, 5) is 14.2. The normalized spacial score (nSPS) is 22.2. The van der Waals surface area contributed by atoms with E-state index in [1.54, 1.807) is 0 Å². The second kappa shape index (κ2) is 7.39. The van der Waals surface area contributed by atoms with Crippen molar-refractivity contribution >= 4 is 6.09 Å². The Morgan fingerprint density at radius 1 is 1.43 bits per heavy atom. The van der Waals surface area contributed by atoms with E-state index in [9.17, 15) is 4.79 Å². The molecule has 2 atom stereocenters. The predicted molar refractivity (Wildman–Crippen MR) is 92.4 cm³/mol. The van der Waals surface area contributed by atoms with Crippen LogP contribution in [-0.4, -0.2) is 39.8 Å². The zero-order valence-electron chi connectivity index (χ0n) is 15.1. The molecule has 2 unspecified atom stereocenters. The molecule has 0 aromatic carbocycles. The van der Waals surface area contributed by atoms with E-state index in [-0.39, 0.29) is 12.1 Å². The molecular formula is C18H31N3O2. The number of aryl methyl sites for hydroxylation is 1. The van der Waals surface area contributed by atoms with Crippen LogP contribution in [0.5, 0.6) is 0 Å². The Hall–Kier alpha value is -1.49. The van der Waals surface area contributed by atoms with Crippen molar-refractivity contribution in [3.63, 3.8) is 0 Å². The van der Waals surface area contributed by atoms with Gasteiger partial charge in [-0.05, 0) is 59.1 Å². The second-order valence-electron chi connectivity index (χ2n) is 7.39. The Kier molecular flexibility index (Phi) is 5.74. The summed E-state index contributed by atoms with van der Waals surface area (Å²) in [6, 6.07) is 2.60. The fraction of sp³-hybridized carbons (Fsp3) is 0.722. The van der Waals surface area contributed by atoms with Crippen LogP contribution in [0, 0.1) is 0 Å². The average Bonchev–Trinajstić information content (AvgIpc) is 2.92. The number of amides is 1. The van der Waals surface area contributed by atoms with Crippen LogP contribution in [0.4, 0.5) is 4.79 Å². The molecule has 2 heterocycles. The highest BCUT2D eigenvalue weighted by Crippen LogP contribution is 2.21. The average molecular weight is 321 g/mol. The van der Waals surface area contributed by atoms with Crippen LogP contribution >= 0.6 is 0 Å². The SMILES string of the molecule is CCn1ccc(CNC2CCCN(C(=O)OC(C)(C)C)C2C)c1. The molecule has 1 N–H and O–H groups in total. The van der Waals surface area contributed by atoms with Crippen LogP contribution in [0.1, 0.15) is 53.0 Å². The first-order chi connectivity index (χ1) is 10.8. The third-order valence-electron chi connectivity index (χ3n) is 4.36. The van der Waals surface area contributed by atoms with Gasteiger partial charge in [-0.3, -0.25) is 0 Å². The number of ether oxygens (including phenoxy) is 1. The molecule has 5 heteroatoms. The molecule has 0 aliphatic carbocycles. The van der Waals surface area contributed by atoms with Crippen molar-refractivity contribution in [2.75, 3.05) is 6.54 Å². The third kappa shape index (κ3) is 4.99. The van der Waals surface area contributed by atoms with Crippen LogP contribution in [-0.2, 0) is 17.8 Å². The summed E-state index contributed by atoms with van der Waals surface area (Å²) < 4.78 is 7.71. The van der Waals surface area contributed by atoms with Gasteiger partial charge in [-0.25, -0.2) is 4.79 Å². The monoisotopic (exact) mass is 321 g/mol. The van der Waals surface area contributed by atoms with Crippen LogP contribution in [0.25, 0.3) is 0 Å². The van der Waals surface area contributed by atoms with Gasteiger partial charge in [0.2, 0.25) is 0 Å². The smallest absolute Gasteiger partial charge is 0.410 e. The Bertz CT molecular complexity index is 519. The van der Waals surface area contributed by atoms with Crippen LogP contribution in [0.2, 0.25) is 0 Å². The van der Waals surface area contributed by atoms with Gasteiger partial charge >= 0.3 is 6.09 Å². The van der Waals surface area contributed by atoms with Crippen molar-refractivity contribution < 1.29 is 9.53 Å². The number of nitrogens with zero attached hydrogens (tertiary/aromatic N) is 2. The van der Waals surface area contributed by atoms with Gasteiger partial charge < -0.3 is 19.5 Å². The Balaban J connectivity index is 1.91. The summed E-state index contributed by atoms with van der Waals surface area (Å²) in [5.41, 5.74) is 0.841. The van der Waals surface area contributed by atoms with Crippen molar-refractivity contribution in [2.45, 2.75) is 78.2 Å². The molecule has 0 radical (unpaired) electrons. The molecule has 1 saturated heterocycles. The number of hydrogen-bond donors (Lipinski definition) is 1. The number of rotatable bonds is 4. The molecule has 0 spiro atoms. The van der Waals surface area contributed by atoms with Crippen LogP contribution in [0.3, 0.4) is 0 Å². The molecule has 2 rings (SSSR count). The van der Waals surface area contributed by atoms with E-state index in [0.29, 0.717) is 6.04 Å². The number of nitrogens with one attached hydrogen (secondary N) is 1. The van der Waals surface area contributed by atoms with Gasteiger partial charge in [0.1, 0.15) is 5.60 Å². The number of aromatic nitrogens is 1. The molecule has 1 amide bonds. The molecule has 130 valence electrons. The summed E-state index contributed by atoms with van der Waals surface area (Å²) in [6.07, 6.45) is 6.18. The van der Waals surface area contributed by atoms with Gasteiger partial charge in [-0.15, -0.1) is 0 Å². The topological polar surface area (TPSA) is 46.5 Å². The minimum Gasteiger partial charge on any atom is -0.444 e. The lowest BCUT2D eigenvalue weighted by Gasteiger charge is -2.40. The lowest BCUT2D eigenvalue weighted by molar-refractivity contribution is 0.00699. The van der Waals surface area contributed by atoms with Crippen molar-refractivity contribution in [1.29, 1.82) is 0 Å². The van der Waals surface area contributed by atoms with Crippen molar-refractivity contribution in [3.8, 4) is 0 Å².